The van der Waals surface area contributed by atoms with E-state index in [0.717, 1.165) is 25.7 Å². The highest BCUT2D eigenvalue weighted by atomic mass is 14.1. The number of benzene rings is 4. The maximum absolute atomic E-state index is 3.82. The third-order valence-corrected chi connectivity index (χ3v) is 5.68. The molecular formula is C30H28. The minimum atomic E-state index is 1.02. The van der Waals surface area contributed by atoms with Gasteiger partial charge in [-0.25, -0.2) is 0 Å². The van der Waals surface area contributed by atoms with Gasteiger partial charge in [0, 0.05) is 0 Å². The maximum atomic E-state index is 3.82. The van der Waals surface area contributed by atoms with Crippen LogP contribution in [0, 0.1) is 0 Å². The molecule has 0 aliphatic carbocycles. The molecular weight excluding hydrogens is 360 g/mol. The van der Waals surface area contributed by atoms with Crippen LogP contribution in [0.4, 0.5) is 0 Å². The first kappa shape index (κ1) is 19.9. The van der Waals surface area contributed by atoms with Crippen molar-refractivity contribution < 1.29 is 0 Å². The second-order valence-corrected chi connectivity index (χ2v) is 7.83. The predicted molar refractivity (Wildman–Crippen MR) is 132 cm³/mol. The average Bonchev–Trinajstić information content (AvgIpc) is 2.81. The minimum Gasteiger partial charge on any atom is -0.103 e. The Bertz CT molecular complexity index is 1150. The molecule has 0 heteroatoms. The highest BCUT2D eigenvalue weighted by Crippen LogP contribution is 2.28. The highest BCUT2D eigenvalue weighted by Gasteiger charge is 2.03. The fraction of sp³-hybridized carbons (Fsp3) is 0.133. The van der Waals surface area contributed by atoms with E-state index in [-0.39, 0.29) is 0 Å². The SMILES string of the molecule is C=CCCc1ccc(-c2ccc(-c3ccc4cc(CCC=C)ccc4c3)cc2)cc1. The van der Waals surface area contributed by atoms with E-state index in [9.17, 15) is 0 Å². The second-order valence-electron chi connectivity index (χ2n) is 7.83. The zero-order valence-corrected chi connectivity index (χ0v) is 17.5. The standard InChI is InChI=1S/C30H28/c1-3-5-7-23-9-12-25(13-10-23)26-15-17-27(18-16-26)29-20-19-28-21-24(8-6-4-2)11-14-30(28)22-29/h3-4,9-22H,1-2,5-8H2. The summed E-state index contributed by atoms with van der Waals surface area (Å²) in [6.07, 6.45) is 8.11. The van der Waals surface area contributed by atoms with Crippen LogP contribution in [-0.4, -0.2) is 0 Å². The van der Waals surface area contributed by atoms with E-state index < -0.39 is 0 Å². The van der Waals surface area contributed by atoms with Crippen LogP contribution in [-0.2, 0) is 12.8 Å². The van der Waals surface area contributed by atoms with Gasteiger partial charge < -0.3 is 0 Å². The van der Waals surface area contributed by atoms with E-state index in [1.165, 1.54) is 44.2 Å². The Hall–Kier alpha value is -3.38. The lowest BCUT2D eigenvalue weighted by molar-refractivity contribution is 1.00. The minimum absolute atomic E-state index is 1.02. The molecule has 0 aromatic heterocycles. The molecule has 4 rings (SSSR count). The van der Waals surface area contributed by atoms with Crippen LogP contribution in [0.25, 0.3) is 33.0 Å². The number of hydrogen-bond donors (Lipinski definition) is 0. The molecule has 0 aliphatic heterocycles. The summed E-state index contributed by atoms with van der Waals surface area (Å²) < 4.78 is 0. The predicted octanol–water partition coefficient (Wildman–Crippen LogP) is 8.41. The van der Waals surface area contributed by atoms with Crippen LogP contribution in [0.1, 0.15) is 24.0 Å². The Morgan fingerprint density at radius 2 is 0.900 bits per heavy atom. The van der Waals surface area contributed by atoms with Crippen LogP contribution in [0.15, 0.2) is 110 Å². The lowest BCUT2D eigenvalue weighted by Gasteiger charge is -2.08. The van der Waals surface area contributed by atoms with Crippen LogP contribution in [0.5, 0.6) is 0 Å². The van der Waals surface area contributed by atoms with Gasteiger partial charge in [0.1, 0.15) is 0 Å². The van der Waals surface area contributed by atoms with Crippen LogP contribution in [0.2, 0.25) is 0 Å². The number of allylic oxidation sites excluding steroid dienone is 2. The summed E-state index contributed by atoms with van der Waals surface area (Å²) in [5, 5.41) is 2.59. The molecule has 148 valence electrons. The van der Waals surface area contributed by atoms with Crippen LogP contribution in [0.3, 0.4) is 0 Å². The van der Waals surface area contributed by atoms with Crippen LogP contribution < -0.4 is 0 Å². The molecule has 0 bridgehead atoms. The molecule has 0 aliphatic rings. The number of fused-ring (bicyclic) bond motifs is 1. The van der Waals surface area contributed by atoms with Gasteiger partial charge in [-0.15, -0.1) is 13.2 Å². The topological polar surface area (TPSA) is 0 Å². The molecule has 4 aromatic carbocycles. The van der Waals surface area contributed by atoms with Crippen molar-refractivity contribution in [2.45, 2.75) is 25.7 Å². The number of aryl methyl sites for hydroxylation is 2. The Labute approximate surface area is 180 Å². The molecule has 0 atom stereocenters. The van der Waals surface area contributed by atoms with Crippen molar-refractivity contribution >= 4 is 10.8 Å². The zero-order chi connectivity index (χ0) is 20.8. The summed E-state index contributed by atoms with van der Waals surface area (Å²) in [5.41, 5.74) is 7.75. The van der Waals surface area contributed by atoms with Gasteiger partial charge in [0.15, 0.2) is 0 Å². The van der Waals surface area contributed by atoms with E-state index >= 15 is 0 Å². The van der Waals surface area contributed by atoms with E-state index in [4.69, 9.17) is 0 Å². The maximum Gasteiger partial charge on any atom is -0.0178 e. The van der Waals surface area contributed by atoms with Crippen molar-refractivity contribution in [3.63, 3.8) is 0 Å². The van der Waals surface area contributed by atoms with Crippen molar-refractivity contribution in [3.05, 3.63) is 121 Å². The monoisotopic (exact) mass is 388 g/mol. The van der Waals surface area contributed by atoms with E-state index in [1.54, 1.807) is 0 Å². The van der Waals surface area contributed by atoms with Gasteiger partial charge in [-0.2, -0.15) is 0 Å². The molecule has 0 N–H and O–H groups in total. The second kappa shape index (κ2) is 9.41. The smallest absolute Gasteiger partial charge is 0.0178 e. The molecule has 0 radical (unpaired) electrons. The molecule has 0 heterocycles. The summed E-state index contributed by atoms with van der Waals surface area (Å²) in [4.78, 5) is 0. The quantitative estimate of drug-likeness (QED) is 0.266. The van der Waals surface area contributed by atoms with Crippen molar-refractivity contribution in [3.8, 4) is 22.3 Å². The summed E-state index contributed by atoms with van der Waals surface area (Å²) in [5.74, 6) is 0. The van der Waals surface area contributed by atoms with E-state index in [1.807, 2.05) is 12.2 Å². The van der Waals surface area contributed by atoms with Gasteiger partial charge in [-0.1, -0.05) is 91.0 Å². The van der Waals surface area contributed by atoms with Crippen molar-refractivity contribution in [1.82, 2.24) is 0 Å². The summed E-state index contributed by atoms with van der Waals surface area (Å²) in [6.45, 7) is 7.62. The number of hydrogen-bond acceptors (Lipinski definition) is 0. The van der Waals surface area contributed by atoms with Crippen LogP contribution >= 0.6 is 0 Å². The average molecular weight is 389 g/mol. The fourth-order valence-electron chi connectivity index (χ4n) is 3.89. The van der Waals surface area contributed by atoms with Gasteiger partial charge in [0.2, 0.25) is 0 Å². The molecule has 0 spiro atoms. The molecule has 30 heavy (non-hydrogen) atoms. The summed E-state index contributed by atoms with van der Waals surface area (Å²) in [7, 11) is 0. The fourth-order valence-corrected chi connectivity index (χ4v) is 3.89. The van der Waals surface area contributed by atoms with E-state index in [0.29, 0.717) is 0 Å². The van der Waals surface area contributed by atoms with Gasteiger partial charge in [-0.05, 0) is 75.9 Å². The van der Waals surface area contributed by atoms with Gasteiger partial charge in [0.05, 0.1) is 0 Å². The Balaban J connectivity index is 1.53. The largest absolute Gasteiger partial charge is 0.103 e. The summed E-state index contributed by atoms with van der Waals surface area (Å²) >= 11 is 0. The Morgan fingerprint density at radius 1 is 0.467 bits per heavy atom. The lowest BCUT2D eigenvalue weighted by Crippen LogP contribution is -1.86. The van der Waals surface area contributed by atoms with Gasteiger partial charge in [0.25, 0.3) is 0 Å². The normalized spacial score (nSPS) is 10.8. The molecule has 4 aromatic rings. The Kier molecular flexibility index (Phi) is 6.25. The number of rotatable bonds is 8. The molecule has 0 nitrogen and oxygen atoms in total. The highest BCUT2D eigenvalue weighted by molar-refractivity contribution is 5.88. The molecule has 0 fully saturated rings. The molecule has 0 unspecified atom stereocenters. The first-order valence-corrected chi connectivity index (χ1v) is 10.7. The molecule has 0 amide bonds. The zero-order valence-electron chi connectivity index (χ0n) is 17.5. The van der Waals surface area contributed by atoms with Gasteiger partial charge >= 0.3 is 0 Å². The van der Waals surface area contributed by atoms with Crippen molar-refractivity contribution in [2.24, 2.45) is 0 Å². The molecule has 0 saturated carbocycles. The lowest BCUT2D eigenvalue weighted by atomic mass is 9.96. The third kappa shape index (κ3) is 4.60. The van der Waals surface area contributed by atoms with Crippen molar-refractivity contribution in [2.75, 3.05) is 0 Å². The molecule has 0 saturated heterocycles. The Morgan fingerprint density at radius 3 is 1.53 bits per heavy atom. The van der Waals surface area contributed by atoms with Gasteiger partial charge in [-0.3, -0.25) is 0 Å². The van der Waals surface area contributed by atoms with Crippen molar-refractivity contribution in [1.29, 1.82) is 0 Å². The first-order chi connectivity index (χ1) is 14.8. The van der Waals surface area contributed by atoms with E-state index in [2.05, 4.69) is 98.1 Å². The third-order valence-electron chi connectivity index (χ3n) is 5.68. The first-order valence-electron chi connectivity index (χ1n) is 10.7. The summed E-state index contributed by atoms with van der Waals surface area (Å²) in [6, 6.07) is 31.3.